The number of carboxylic acid groups (broad SMARTS) is 1. The van der Waals surface area contributed by atoms with Crippen LogP contribution in [0.25, 0.3) is 10.6 Å². The molecule has 1 amide bonds. The van der Waals surface area contributed by atoms with Crippen LogP contribution in [0.2, 0.25) is 0 Å². The summed E-state index contributed by atoms with van der Waals surface area (Å²) in [6.07, 6.45) is 0.360. The number of rotatable bonds is 3. The van der Waals surface area contributed by atoms with Gasteiger partial charge in [-0.1, -0.05) is 12.1 Å². The minimum Gasteiger partial charge on any atom is -0.481 e. The van der Waals surface area contributed by atoms with Crippen LogP contribution in [0.5, 0.6) is 0 Å². The van der Waals surface area contributed by atoms with E-state index >= 15 is 0 Å². The summed E-state index contributed by atoms with van der Waals surface area (Å²) < 4.78 is 14.0. The summed E-state index contributed by atoms with van der Waals surface area (Å²) in [6.45, 7) is 2.74. The van der Waals surface area contributed by atoms with E-state index in [9.17, 15) is 14.0 Å². The smallest absolute Gasteiger partial charge is 0.307 e. The number of hydrogen-bond donors (Lipinski definition) is 1. The molecule has 0 bridgehead atoms. The maximum absolute atomic E-state index is 14.0. The number of halogens is 1. The Kier molecular flexibility index (Phi) is 4.12. The maximum atomic E-state index is 14.0. The second kappa shape index (κ2) is 6.08. The minimum atomic E-state index is -1.06. The van der Waals surface area contributed by atoms with Gasteiger partial charge in [0.15, 0.2) is 0 Å². The Labute approximate surface area is 136 Å². The molecule has 2 heterocycles. The number of aliphatic carboxylic acids is 1. The van der Waals surface area contributed by atoms with E-state index in [0.29, 0.717) is 30.1 Å². The Balaban J connectivity index is 1.87. The summed E-state index contributed by atoms with van der Waals surface area (Å²) in [5.74, 6) is -1.57. The molecule has 3 rings (SSSR count). The molecule has 0 fully saturated rings. The molecule has 0 spiro atoms. The lowest BCUT2D eigenvalue weighted by Gasteiger charge is -2.24. The Morgan fingerprint density at radius 1 is 1.43 bits per heavy atom. The van der Waals surface area contributed by atoms with Gasteiger partial charge in [-0.3, -0.25) is 9.59 Å². The number of aromatic nitrogens is 1. The third kappa shape index (κ3) is 3.24. The van der Waals surface area contributed by atoms with Crippen molar-refractivity contribution in [1.29, 1.82) is 0 Å². The van der Waals surface area contributed by atoms with Crippen LogP contribution in [0.3, 0.4) is 0 Å². The standard InChI is InChI=1S/C16H15FN2O3S/c1-9(20)19-5-4-13-14(8-19)23-16(18-13)11-3-2-10(7-15(21)22)12(17)6-11/h2-3,6H,4-5,7-8H2,1H3,(H,21,22). The van der Waals surface area contributed by atoms with E-state index in [1.807, 2.05) is 0 Å². The van der Waals surface area contributed by atoms with Gasteiger partial charge in [0.2, 0.25) is 5.91 Å². The number of nitrogens with zero attached hydrogens (tertiary/aromatic N) is 2. The van der Waals surface area contributed by atoms with Gasteiger partial charge in [-0.05, 0) is 11.6 Å². The third-order valence-electron chi connectivity index (χ3n) is 3.82. The Hall–Kier alpha value is -2.28. The van der Waals surface area contributed by atoms with Crippen molar-refractivity contribution in [3.8, 4) is 10.6 Å². The summed E-state index contributed by atoms with van der Waals surface area (Å²) in [5, 5.41) is 9.44. The molecule has 0 unspecified atom stereocenters. The van der Waals surface area contributed by atoms with Crippen LogP contribution >= 0.6 is 11.3 Å². The zero-order valence-electron chi connectivity index (χ0n) is 12.5. The summed E-state index contributed by atoms with van der Waals surface area (Å²) in [7, 11) is 0. The highest BCUT2D eigenvalue weighted by molar-refractivity contribution is 7.15. The van der Waals surface area contributed by atoms with Gasteiger partial charge in [0, 0.05) is 30.3 Å². The highest BCUT2D eigenvalue weighted by atomic mass is 32.1. The summed E-state index contributed by atoms with van der Waals surface area (Å²) in [5.41, 5.74) is 1.74. The first-order valence-electron chi connectivity index (χ1n) is 7.18. The van der Waals surface area contributed by atoms with Crippen molar-refractivity contribution in [2.45, 2.75) is 26.3 Å². The fourth-order valence-corrected chi connectivity index (χ4v) is 3.69. The average molecular weight is 334 g/mol. The monoisotopic (exact) mass is 334 g/mol. The van der Waals surface area contributed by atoms with Crippen molar-refractivity contribution in [3.05, 3.63) is 40.2 Å². The van der Waals surface area contributed by atoms with Crippen molar-refractivity contribution >= 4 is 23.2 Å². The number of thiazole rings is 1. The summed E-state index contributed by atoms with van der Waals surface area (Å²) in [6, 6.07) is 4.50. The van der Waals surface area contributed by atoms with Gasteiger partial charge >= 0.3 is 5.97 Å². The average Bonchev–Trinajstić information content (AvgIpc) is 2.91. The quantitative estimate of drug-likeness (QED) is 0.936. The van der Waals surface area contributed by atoms with Crippen molar-refractivity contribution in [2.24, 2.45) is 0 Å². The summed E-state index contributed by atoms with van der Waals surface area (Å²) >= 11 is 1.45. The van der Waals surface area contributed by atoms with E-state index in [0.717, 1.165) is 10.6 Å². The van der Waals surface area contributed by atoms with Crippen molar-refractivity contribution in [3.63, 3.8) is 0 Å². The third-order valence-corrected chi connectivity index (χ3v) is 4.95. The predicted molar refractivity (Wildman–Crippen MR) is 83.6 cm³/mol. The van der Waals surface area contributed by atoms with Crippen molar-refractivity contribution in [1.82, 2.24) is 9.88 Å². The van der Waals surface area contributed by atoms with Gasteiger partial charge < -0.3 is 10.0 Å². The van der Waals surface area contributed by atoms with E-state index < -0.39 is 11.8 Å². The first kappa shape index (κ1) is 15.6. The molecular formula is C16H15FN2O3S. The fourth-order valence-electron chi connectivity index (χ4n) is 2.57. The van der Waals surface area contributed by atoms with Gasteiger partial charge in [0.25, 0.3) is 0 Å². The molecule has 23 heavy (non-hydrogen) atoms. The molecule has 1 N–H and O–H groups in total. The van der Waals surface area contributed by atoms with Gasteiger partial charge in [-0.25, -0.2) is 9.37 Å². The molecule has 0 saturated heterocycles. The van der Waals surface area contributed by atoms with Crippen LogP contribution in [0.15, 0.2) is 18.2 Å². The van der Waals surface area contributed by atoms with Gasteiger partial charge in [-0.15, -0.1) is 11.3 Å². The van der Waals surface area contributed by atoms with E-state index in [-0.39, 0.29) is 17.9 Å². The SMILES string of the molecule is CC(=O)N1CCc2nc(-c3ccc(CC(=O)O)c(F)c3)sc2C1. The van der Waals surface area contributed by atoms with E-state index in [2.05, 4.69) is 4.98 Å². The number of carbonyl (C=O) groups is 2. The molecule has 0 aliphatic carbocycles. The van der Waals surface area contributed by atoms with E-state index in [4.69, 9.17) is 5.11 Å². The molecule has 0 radical (unpaired) electrons. The molecule has 2 aromatic rings. The zero-order chi connectivity index (χ0) is 16.6. The normalized spacial score (nSPS) is 13.7. The number of carboxylic acids is 1. The Morgan fingerprint density at radius 2 is 2.22 bits per heavy atom. The van der Waals surface area contributed by atoms with Gasteiger partial charge in [0.1, 0.15) is 10.8 Å². The lowest BCUT2D eigenvalue weighted by atomic mass is 10.1. The second-order valence-electron chi connectivity index (χ2n) is 5.46. The predicted octanol–water partition coefficient (Wildman–Crippen LogP) is 2.48. The lowest BCUT2D eigenvalue weighted by Crippen LogP contribution is -2.33. The number of benzene rings is 1. The molecule has 1 aromatic carbocycles. The molecule has 1 aliphatic rings. The largest absolute Gasteiger partial charge is 0.481 e. The molecule has 7 heteroatoms. The van der Waals surface area contributed by atoms with Gasteiger partial charge in [0.05, 0.1) is 18.7 Å². The van der Waals surface area contributed by atoms with Gasteiger partial charge in [-0.2, -0.15) is 0 Å². The molecule has 0 saturated carbocycles. The topological polar surface area (TPSA) is 70.5 Å². The lowest BCUT2D eigenvalue weighted by molar-refractivity contribution is -0.136. The van der Waals surface area contributed by atoms with Crippen molar-refractivity contribution in [2.75, 3.05) is 6.54 Å². The number of carbonyl (C=O) groups excluding carboxylic acids is 1. The van der Waals surface area contributed by atoms with Crippen LogP contribution in [0.4, 0.5) is 4.39 Å². The number of hydrogen-bond acceptors (Lipinski definition) is 4. The summed E-state index contributed by atoms with van der Waals surface area (Å²) in [4.78, 5) is 29.5. The number of fused-ring (bicyclic) bond motifs is 1. The van der Waals surface area contributed by atoms with Crippen LogP contribution < -0.4 is 0 Å². The van der Waals surface area contributed by atoms with Crippen molar-refractivity contribution < 1.29 is 19.1 Å². The van der Waals surface area contributed by atoms with Crippen LogP contribution in [0.1, 0.15) is 23.1 Å². The maximum Gasteiger partial charge on any atom is 0.307 e. The minimum absolute atomic E-state index is 0.0367. The highest BCUT2D eigenvalue weighted by Gasteiger charge is 2.22. The molecule has 120 valence electrons. The first-order valence-corrected chi connectivity index (χ1v) is 8.00. The van der Waals surface area contributed by atoms with E-state index in [1.165, 1.54) is 23.5 Å². The zero-order valence-corrected chi connectivity index (χ0v) is 13.3. The number of amides is 1. The Bertz CT molecular complexity index is 788. The highest BCUT2D eigenvalue weighted by Crippen LogP contribution is 2.32. The fraction of sp³-hybridized carbons (Fsp3) is 0.312. The van der Waals surface area contributed by atoms with Crippen LogP contribution in [-0.4, -0.2) is 33.4 Å². The molecule has 1 aliphatic heterocycles. The molecule has 5 nitrogen and oxygen atoms in total. The van der Waals surface area contributed by atoms with Crippen LogP contribution in [0, 0.1) is 5.82 Å². The Morgan fingerprint density at radius 3 is 2.87 bits per heavy atom. The molecular weight excluding hydrogens is 319 g/mol. The van der Waals surface area contributed by atoms with Crippen LogP contribution in [-0.2, 0) is 29.0 Å². The van der Waals surface area contributed by atoms with E-state index in [1.54, 1.807) is 17.9 Å². The second-order valence-corrected chi connectivity index (χ2v) is 6.54. The molecule has 0 atom stereocenters. The molecule has 1 aromatic heterocycles. The first-order chi connectivity index (χ1) is 10.9.